The Morgan fingerprint density at radius 2 is 1.92 bits per heavy atom. The second-order valence-electron chi connectivity index (χ2n) is 5.31. The number of carbonyl (C=O) groups is 1. The number of aromatic amines is 1. The van der Waals surface area contributed by atoms with Gasteiger partial charge >= 0.3 is 11.7 Å². The topological polar surface area (TPSA) is 81.2 Å². The Morgan fingerprint density at radius 1 is 1.16 bits per heavy atom. The van der Waals surface area contributed by atoms with Crippen molar-refractivity contribution in [2.45, 2.75) is 6.54 Å². The third kappa shape index (κ3) is 3.31. The van der Waals surface area contributed by atoms with E-state index in [4.69, 9.17) is 23.2 Å². The summed E-state index contributed by atoms with van der Waals surface area (Å²) in [6.45, 7) is -0.00113. The molecular weight excluding hydrogens is 367 g/mol. The quantitative estimate of drug-likeness (QED) is 0.710. The van der Waals surface area contributed by atoms with Crippen LogP contribution >= 0.6 is 23.2 Å². The van der Waals surface area contributed by atoms with Gasteiger partial charge in [-0.3, -0.25) is 9.36 Å². The van der Waals surface area contributed by atoms with Crippen LogP contribution in [0.2, 0.25) is 10.0 Å². The standard InChI is InChI=1S/C17H12Cl2N2O4/c1-25-16(23)9-3-5-12-14(6-9)20-17(24)21(15(12)22)8-10-2-4-11(18)7-13(10)19/h2-7H,8H2,1H3,(H,20,24). The number of hydrogen-bond donors (Lipinski definition) is 1. The first-order valence-electron chi connectivity index (χ1n) is 7.20. The molecule has 0 radical (unpaired) electrons. The van der Waals surface area contributed by atoms with Crippen LogP contribution in [0.3, 0.4) is 0 Å². The molecule has 2 aromatic carbocycles. The Kier molecular flexibility index (Phi) is 4.65. The first-order valence-corrected chi connectivity index (χ1v) is 7.95. The molecule has 1 aromatic heterocycles. The summed E-state index contributed by atoms with van der Waals surface area (Å²) in [5.74, 6) is -0.556. The number of aromatic nitrogens is 2. The number of carbonyl (C=O) groups excluding carboxylic acids is 1. The molecule has 1 N–H and O–H groups in total. The maximum Gasteiger partial charge on any atom is 0.337 e. The highest BCUT2D eigenvalue weighted by Crippen LogP contribution is 2.21. The van der Waals surface area contributed by atoms with Crippen LogP contribution in [-0.2, 0) is 11.3 Å². The van der Waals surface area contributed by atoms with Gasteiger partial charge in [-0.25, -0.2) is 9.59 Å². The van der Waals surface area contributed by atoms with Crippen molar-refractivity contribution < 1.29 is 9.53 Å². The van der Waals surface area contributed by atoms with Crippen LogP contribution in [0.1, 0.15) is 15.9 Å². The fraction of sp³-hybridized carbons (Fsp3) is 0.118. The number of fused-ring (bicyclic) bond motifs is 1. The van der Waals surface area contributed by atoms with Gasteiger partial charge in [0.05, 0.1) is 30.1 Å². The smallest absolute Gasteiger partial charge is 0.337 e. The molecule has 3 rings (SSSR count). The molecule has 0 spiro atoms. The molecule has 0 saturated carbocycles. The van der Waals surface area contributed by atoms with Gasteiger partial charge in [-0.15, -0.1) is 0 Å². The van der Waals surface area contributed by atoms with Gasteiger partial charge in [0, 0.05) is 10.0 Å². The fourth-order valence-corrected chi connectivity index (χ4v) is 2.93. The molecular formula is C17H12Cl2N2O4. The minimum Gasteiger partial charge on any atom is -0.465 e. The SMILES string of the molecule is COC(=O)c1ccc2c(=O)n(Cc3ccc(Cl)cc3Cl)c(=O)[nH]c2c1. The van der Waals surface area contributed by atoms with Gasteiger partial charge < -0.3 is 9.72 Å². The van der Waals surface area contributed by atoms with Crippen molar-refractivity contribution in [3.63, 3.8) is 0 Å². The summed E-state index contributed by atoms with van der Waals surface area (Å²) in [5, 5.41) is 1.10. The van der Waals surface area contributed by atoms with E-state index in [1.165, 1.54) is 25.3 Å². The summed E-state index contributed by atoms with van der Waals surface area (Å²) < 4.78 is 5.67. The van der Waals surface area contributed by atoms with Crippen molar-refractivity contribution in [3.05, 3.63) is 78.4 Å². The second kappa shape index (κ2) is 6.74. The predicted molar refractivity (Wildman–Crippen MR) is 95.7 cm³/mol. The zero-order valence-electron chi connectivity index (χ0n) is 13.0. The van der Waals surface area contributed by atoms with E-state index >= 15 is 0 Å². The maximum absolute atomic E-state index is 12.6. The third-order valence-corrected chi connectivity index (χ3v) is 4.33. The molecule has 0 aliphatic heterocycles. The Balaban J connectivity index is 2.12. The number of esters is 1. The monoisotopic (exact) mass is 378 g/mol. The van der Waals surface area contributed by atoms with Gasteiger partial charge in [0.1, 0.15) is 0 Å². The lowest BCUT2D eigenvalue weighted by Crippen LogP contribution is -2.35. The maximum atomic E-state index is 12.6. The van der Waals surface area contributed by atoms with Crippen molar-refractivity contribution in [2.24, 2.45) is 0 Å². The molecule has 0 aliphatic carbocycles. The van der Waals surface area contributed by atoms with Gasteiger partial charge in [0.15, 0.2) is 0 Å². The molecule has 6 nitrogen and oxygen atoms in total. The van der Waals surface area contributed by atoms with Crippen LogP contribution in [-0.4, -0.2) is 22.6 Å². The Hall–Kier alpha value is -2.57. The molecule has 1 heterocycles. The lowest BCUT2D eigenvalue weighted by molar-refractivity contribution is 0.0601. The van der Waals surface area contributed by atoms with E-state index in [0.717, 1.165) is 4.57 Å². The van der Waals surface area contributed by atoms with Crippen LogP contribution in [0.15, 0.2) is 46.0 Å². The molecule has 0 bridgehead atoms. The molecule has 128 valence electrons. The Morgan fingerprint density at radius 3 is 2.60 bits per heavy atom. The van der Waals surface area contributed by atoms with Crippen molar-refractivity contribution in [1.29, 1.82) is 0 Å². The summed E-state index contributed by atoms with van der Waals surface area (Å²) >= 11 is 12.0. The molecule has 0 amide bonds. The number of rotatable bonds is 3. The number of methoxy groups -OCH3 is 1. The highest BCUT2D eigenvalue weighted by molar-refractivity contribution is 6.35. The van der Waals surface area contributed by atoms with Crippen LogP contribution in [0.5, 0.6) is 0 Å². The van der Waals surface area contributed by atoms with Gasteiger partial charge in [-0.05, 0) is 35.9 Å². The van der Waals surface area contributed by atoms with Gasteiger partial charge in [-0.1, -0.05) is 29.3 Å². The van der Waals surface area contributed by atoms with Crippen molar-refractivity contribution in [3.8, 4) is 0 Å². The number of halogens is 2. The van der Waals surface area contributed by atoms with Crippen LogP contribution in [0.25, 0.3) is 10.9 Å². The summed E-state index contributed by atoms with van der Waals surface area (Å²) in [6.07, 6.45) is 0. The first-order chi connectivity index (χ1) is 11.9. The van der Waals surface area contributed by atoms with E-state index < -0.39 is 17.2 Å². The number of nitrogens with zero attached hydrogens (tertiary/aromatic N) is 1. The third-order valence-electron chi connectivity index (χ3n) is 3.75. The average molecular weight is 379 g/mol. The number of H-pyrrole nitrogens is 1. The largest absolute Gasteiger partial charge is 0.465 e. The van der Waals surface area contributed by atoms with Crippen LogP contribution < -0.4 is 11.2 Å². The van der Waals surface area contributed by atoms with E-state index in [1.54, 1.807) is 18.2 Å². The number of nitrogens with one attached hydrogen (secondary N) is 1. The number of ether oxygens (including phenoxy) is 1. The van der Waals surface area contributed by atoms with E-state index in [1.807, 2.05) is 0 Å². The number of benzene rings is 2. The average Bonchev–Trinajstić information content (AvgIpc) is 2.59. The molecule has 0 atom stereocenters. The normalized spacial score (nSPS) is 10.8. The Bertz CT molecular complexity index is 1100. The van der Waals surface area contributed by atoms with E-state index in [0.29, 0.717) is 15.6 Å². The van der Waals surface area contributed by atoms with E-state index in [9.17, 15) is 14.4 Å². The molecule has 3 aromatic rings. The lowest BCUT2D eigenvalue weighted by Gasteiger charge is -2.09. The highest BCUT2D eigenvalue weighted by atomic mass is 35.5. The summed E-state index contributed by atoms with van der Waals surface area (Å²) in [4.78, 5) is 39.1. The Labute approximate surface area is 151 Å². The van der Waals surface area contributed by atoms with Crippen molar-refractivity contribution >= 4 is 40.1 Å². The minimum atomic E-state index is -0.606. The predicted octanol–water partition coefficient (Wildman–Crippen LogP) is 2.83. The van der Waals surface area contributed by atoms with E-state index in [2.05, 4.69) is 9.72 Å². The summed E-state index contributed by atoms with van der Waals surface area (Å²) in [7, 11) is 1.25. The highest BCUT2D eigenvalue weighted by Gasteiger charge is 2.13. The second-order valence-corrected chi connectivity index (χ2v) is 6.15. The zero-order valence-corrected chi connectivity index (χ0v) is 14.5. The number of hydrogen-bond acceptors (Lipinski definition) is 4. The minimum absolute atomic E-state index is 0.00113. The van der Waals surface area contributed by atoms with Crippen molar-refractivity contribution in [2.75, 3.05) is 7.11 Å². The molecule has 0 fully saturated rings. The first kappa shape index (κ1) is 17.3. The molecule has 0 unspecified atom stereocenters. The molecule has 0 saturated heterocycles. The molecule has 25 heavy (non-hydrogen) atoms. The van der Waals surface area contributed by atoms with Gasteiger partial charge in [0.2, 0.25) is 0 Å². The van der Waals surface area contributed by atoms with E-state index in [-0.39, 0.29) is 23.0 Å². The van der Waals surface area contributed by atoms with Crippen LogP contribution in [0.4, 0.5) is 0 Å². The fourth-order valence-electron chi connectivity index (χ4n) is 2.46. The van der Waals surface area contributed by atoms with Crippen molar-refractivity contribution in [1.82, 2.24) is 9.55 Å². The van der Waals surface area contributed by atoms with Gasteiger partial charge in [0.25, 0.3) is 5.56 Å². The summed E-state index contributed by atoms with van der Waals surface area (Å²) in [6, 6.07) is 9.17. The molecule has 8 heteroatoms. The summed E-state index contributed by atoms with van der Waals surface area (Å²) in [5.41, 5.74) is -0.00388. The van der Waals surface area contributed by atoms with Crippen LogP contribution in [0, 0.1) is 0 Å². The zero-order chi connectivity index (χ0) is 18.1. The lowest BCUT2D eigenvalue weighted by atomic mass is 10.1. The van der Waals surface area contributed by atoms with Gasteiger partial charge in [-0.2, -0.15) is 0 Å². The molecule has 0 aliphatic rings.